The first-order chi connectivity index (χ1) is 10.5. The maximum atomic E-state index is 12.2. The lowest BCUT2D eigenvalue weighted by atomic mass is 10.1. The maximum absolute atomic E-state index is 12.2. The van der Waals surface area contributed by atoms with E-state index in [1.165, 1.54) is 0 Å². The zero-order valence-electron chi connectivity index (χ0n) is 11.6. The average molecular weight is 335 g/mol. The Kier molecular flexibility index (Phi) is 5.31. The minimum Gasteiger partial charge on any atom is -0.513 e. The van der Waals surface area contributed by atoms with Gasteiger partial charge in [0.2, 0.25) is 5.78 Å². The normalized spacial score (nSPS) is 11.9. The monoisotopic (exact) mass is 334 g/mol. The van der Waals surface area contributed by atoms with Gasteiger partial charge in [-0.25, -0.2) is 0 Å². The lowest BCUT2D eigenvalue weighted by Crippen LogP contribution is -2.01. The maximum Gasteiger partial charge on any atom is 0.216 e. The van der Waals surface area contributed by atoms with Crippen molar-refractivity contribution in [3.05, 3.63) is 75.6 Å². The van der Waals surface area contributed by atoms with Crippen molar-refractivity contribution in [1.82, 2.24) is 0 Å². The number of hydrogen-bond acceptors (Lipinski definition) is 4. The SMILES string of the molecule is Cc1ccc(C(=O)/C(=C\O)N=Nc2cc(Cl)cc(Cl)c2)cc1. The van der Waals surface area contributed by atoms with Gasteiger partial charge in [-0.3, -0.25) is 4.79 Å². The van der Waals surface area contributed by atoms with Gasteiger partial charge in [0.15, 0.2) is 5.70 Å². The quantitative estimate of drug-likeness (QED) is 0.339. The fraction of sp³-hybridized carbons (Fsp3) is 0.0625. The van der Waals surface area contributed by atoms with Crippen LogP contribution in [-0.4, -0.2) is 10.9 Å². The summed E-state index contributed by atoms with van der Waals surface area (Å²) in [6, 6.07) is 11.6. The molecule has 4 nitrogen and oxygen atoms in total. The molecule has 112 valence electrons. The van der Waals surface area contributed by atoms with Crippen LogP contribution in [0.2, 0.25) is 10.0 Å². The van der Waals surface area contributed by atoms with Gasteiger partial charge < -0.3 is 5.11 Å². The molecule has 2 aromatic rings. The molecule has 0 heterocycles. The molecule has 0 radical (unpaired) electrons. The van der Waals surface area contributed by atoms with E-state index in [0.717, 1.165) is 5.56 Å². The molecule has 0 amide bonds. The van der Waals surface area contributed by atoms with E-state index in [1.807, 2.05) is 6.92 Å². The van der Waals surface area contributed by atoms with E-state index in [2.05, 4.69) is 10.2 Å². The molecule has 0 spiro atoms. The predicted molar refractivity (Wildman–Crippen MR) is 87.2 cm³/mol. The predicted octanol–water partition coefficient (Wildman–Crippen LogP) is 5.67. The zero-order valence-corrected chi connectivity index (χ0v) is 13.1. The summed E-state index contributed by atoms with van der Waals surface area (Å²) < 4.78 is 0. The number of carbonyl (C=O) groups excluding carboxylic acids is 1. The Bertz CT molecular complexity index is 733. The second kappa shape index (κ2) is 7.20. The van der Waals surface area contributed by atoms with E-state index in [0.29, 0.717) is 27.6 Å². The number of ketones is 1. The van der Waals surface area contributed by atoms with Crippen LogP contribution in [0.1, 0.15) is 15.9 Å². The summed E-state index contributed by atoms with van der Waals surface area (Å²) in [5, 5.41) is 17.7. The smallest absolute Gasteiger partial charge is 0.216 e. The van der Waals surface area contributed by atoms with Gasteiger partial charge in [-0.2, -0.15) is 5.11 Å². The topological polar surface area (TPSA) is 62.0 Å². The molecule has 22 heavy (non-hydrogen) atoms. The first kappa shape index (κ1) is 16.2. The number of aliphatic hydroxyl groups excluding tert-OH is 1. The van der Waals surface area contributed by atoms with E-state index in [1.54, 1.807) is 42.5 Å². The van der Waals surface area contributed by atoms with Gasteiger partial charge in [-0.1, -0.05) is 53.0 Å². The Labute approximate surface area is 137 Å². The van der Waals surface area contributed by atoms with Gasteiger partial charge in [-0.05, 0) is 25.1 Å². The summed E-state index contributed by atoms with van der Waals surface area (Å²) in [6.45, 7) is 1.92. The van der Waals surface area contributed by atoms with Crippen LogP contribution >= 0.6 is 23.2 Å². The number of Topliss-reactive ketones (excluding diaryl/α,β-unsaturated/α-hetero) is 1. The molecule has 2 aromatic carbocycles. The number of aryl methyl sites for hydroxylation is 1. The number of azo groups is 1. The van der Waals surface area contributed by atoms with Crippen molar-refractivity contribution in [1.29, 1.82) is 0 Å². The van der Waals surface area contributed by atoms with Gasteiger partial charge in [-0.15, -0.1) is 5.11 Å². The van der Waals surface area contributed by atoms with Crippen LogP contribution < -0.4 is 0 Å². The molecule has 2 rings (SSSR count). The summed E-state index contributed by atoms with van der Waals surface area (Å²) in [4.78, 5) is 12.2. The fourth-order valence-corrected chi connectivity index (χ4v) is 2.21. The molecule has 0 aliphatic carbocycles. The van der Waals surface area contributed by atoms with Gasteiger partial charge in [0, 0.05) is 15.6 Å². The summed E-state index contributed by atoms with van der Waals surface area (Å²) in [5.41, 5.74) is 1.64. The fourth-order valence-electron chi connectivity index (χ4n) is 1.69. The van der Waals surface area contributed by atoms with Crippen LogP contribution in [-0.2, 0) is 0 Å². The zero-order chi connectivity index (χ0) is 16.1. The molecule has 0 aromatic heterocycles. The molecule has 0 saturated heterocycles. The van der Waals surface area contributed by atoms with Crippen molar-refractivity contribution in [3.8, 4) is 0 Å². The van der Waals surface area contributed by atoms with Gasteiger partial charge >= 0.3 is 0 Å². The lowest BCUT2D eigenvalue weighted by Gasteiger charge is -2.01. The summed E-state index contributed by atoms with van der Waals surface area (Å²) in [6.07, 6.45) is 0.623. The van der Waals surface area contributed by atoms with Gasteiger partial charge in [0.25, 0.3) is 0 Å². The Balaban J connectivity index is 2.23. The second-order valence-corrected chi connectivity index (χ2v) is 5.41. The van der Waals surface area contributed by atoms with Crippen LogP contribution in [0.3, 0.4) is 0 Å². The number of halogens is 2. The van der Waals surface area contributed by atoms with Crippen molar-refractivity contribution < 1.29 is 9.90 Å². The molecule has 0 aliphatic rings. The highest BCUT2D eigenvalue weighted by Crippen LogP contribution is 2.25. The minimum atomic E-state index is -0.431. The standard InChI is InChI=1S/C16H12Cl2N2O2/c1-10-2-4-11(5-3-10)16(22)15(9-21)20-19-14-7-12(17)6-13(18)8-14/h2-9,21H,1H3/b15-9+,20-19?. The summed E-state index contributed by atoms with van der Waals surface area (Å²) in [5.74, 6) is -0.431. The van der Waals surface area contributed by atoms with E-state index in [4.69, 9.17) is 23.2 Å². The van der Waals surface area contributed by atoms with Gasteiger partial charge in [0.05, 0.1) is 5.69 Å². The van der Waals surface area contributed by atoms with E-state index in [-0.39, 0.29) is 5.70 Å². The van der Waals surface area contributed by atoms with Gasteiger partial charge in [0.1, 0.15) is 6.26 Å². The molecule has 0 aliphatic heterocycles. The number of nitrogens with zero attached hydrogens (tertiary/aromatic N) is 2. The van der Waals surface area contributed by atoms with Crippen molar-refractivity contribution in [2.45, 2.75) is 6.92 Å². The molecule has 0 saturated carbocycles. The number of hydrogen-bond donors (Lipinski definition) is 1. The van der Waals surface area contributed by atoms with E-state index in [9.17, 15) is 9.90 Å². The third kappa shape index (κ3) is 4.16. The highest BCUT2D eigenvalue weighted by atomic mass is 35.5. The van der Waals surface area contributed by atoms with Crippen LogP contribution in [0.25, 0.3) is 0 Å². The first-order valence-electron chi connectivity index (χ1n) is 6.33. The summed E-state index contributed by atoms with van der Waals surface area (Å²) >= 11 is 11.7. The van der Waals surface area contributed by atoms with Crippen LogP contribution in [0.4, 0.5) is 5.69 Å². The number of allylic oxidation sites excluding steroid dienone is 1. The minimum absolute atomic E-state index is 0.181. The molecule has 0 unspecified atom stereocenters. The third-order valence-electron chi connectivity index (χ3n) is 2.79. The molecule has 0 bridgehead atoms. The Morgan fingerprint density at radius 3 is 2.23 bits per heavy atom. The Morgan fingerprint density at radius 2 is 1.68 bits per heavy atom. The highest BCUT2D eigenvalue weighted by molar-refractivity contribution is 6.35. The Morgan fingerprint density at radius 1 is 1.09 bits per heavy atom. The van der Waals surface area contributed by atoms with Crippen LogP contribution in [0.15, 0.2) is 64.7 Å². The lowest BCUT2D eigenvalue weighted by molar-refractivity contribution is 0.102. The molecule has 0 fully saturated rings. The van der Waals surface area contributed by atoms with Crippen LogP contribution in [0, 0.1) is 6.92 Å². The highest BCUT2D eigenvalue weighted by Gasteiger charge is 2.12. The summed E-state index contributed by atoms with van der Waals surface area (Å²) in [7, 11) is 0. The van der Waals surface area contributed by atoms with Crippen LogP contribution in [0.5, 0.6) is 0 Å². The number of rotatable bonds is 4. The van der Waals surface area contributed by atoms with Crippen molar-refractivity contribution in [2.75, 3.05) is 0 Å². The van der Waals surface area contributed by atoms with Crippen molar-refractivity contribution in [2.24, 2.45) is 10.2 Å². The molecule has 1 N–H and O–H groups in total. The third-order valence-corrected chi connectivity index (χ3v) is 3.23. The van der Waals surface area contributed by atoms with Crippen molar-refractivity contribution >= 4 is 34.7 Å². The molecular weight excluding hydrogens is 323 g/mol. The van der Waals surface area contributed by atoms with E-state index >= 15 is 0 Å². The molecule has 0 atom stereocenters. The first-order valence-corrected chi connectivity index (χ1v) is 7.09. The largest absolute Gasteiger partial charge is 0.513 e. The number of aliphatic hydroxyl groups is 1. The molecule has 6 heteroatoms. The van der Waals surface area contributed by atoms with Crippen molar-refractivity contribution in [3.63, 3.8) is 0 Å². The second-order valence-electron chi connectivity index (χ2n) is 4.54. The number of benzene rings is 2. The Hall–Kier alpha value is -2.17. The average Bonchev–Trinajstić information content (AvgIpc) is 2.47. The number of carbonyl (C=O) groups is 1. The van der Waals surface area contributed by atoms with E-state index < -0.39 is 5.78 Å². The molecular formula is C16H12Cl2N2O2.